The van der Waals surface area contributed by atoms with Crippen molar-refractivity contribution in [3.05, 3.63) is 18.0 Å². The largest absolute Gasteiger partial charge is 0.476 e. The van der Waals surface area contributed by atoms with Crippen LogP contribution in [0.15, 0.2) is 12.3 Å². The molecule has 0 spiro atoms. The predicted molar refractivity (Wildman–Crippen MR) is 25.7 cm³/mol. The number of rotatable bonds is 1. The maximum Gasteiger partial charge on any atom is 0.356 e. The molecule has 1 aromatic rings. The predicted octanol–water partition coefficient (Wildman–Crippen LogP) is 0.314. The zero-order valence-electron chi connectivity index (χ0n) is 4.28. The van der Waals surface area contributed by atoms with Crippen LogP contribution in [-0.4, -0.2) is 21.1 Å². The van der Waals surface area contributed by atoms with E-state index in [0.717, 1.165) is 12.3 Å². The molecular weight excluding hydrogens is 127 g/mol. The van der Waals surface area contributed by atoms with Crippen LogP contribution in [0.5, 0.6) is 0 Å². The summed E-state index contributed by atoms with van der Waals surface area (Å²) in [6.45, 7) is 0. The summed E-state index contributed by atoms with van der Waals surface area (Å²) in [7, 11) is 0. The molecule has 0 aliphatic heterocycles. The molecule has 0 unspecified atom stereocenters. The van der Waals surface area contributed by atoms with E-state index in [1.54, 1.807) is 0 Å². The number of aromatic carboxylic acids is 1. The van der Waals surface area contributed by atoms with E-state index in [4.69, 9.17) is 5.11 Å². The van der Waals surface area contributed by atoms with E-state index >= 15 is 0 Å². The van der Waals surface area contributed by atoms with Crippen molar-refractivity contribution in [1.29, 1.82) is 0 Å². The molecular formula is C4H3FN2O2. The number of nitrogens with zero attached hydrogens (tertiary/aromatic N) is 2. The van der Waals surface area contributed by atoms with E-state index in [0.29, 0.717) is 0 Å². The Kier molecular flexibility index (Phi) is 1.18. The summed E-state index contributed by atoms with van der Waals surface area (Å²) >= 11 is 0. The minimum Gasteiger partial charge on any atom is -0.476 e. The van der Waals surface area contributed by atoms with Crippen LogP contribution < -0.4 is 0 Å². The zero-order valence-corrected chi connectivity index (χ0v) is 4.28. The molecule has 0 saturated carbocycles. The second kappa shape index (κ2) is 1.85. The second-order valence-electron chi connectivity index (χ2n) is 1.39. The molecule has 9 heavy (non-hydrogen) atoms. The van der Waals surface area contributed by atoms with Crippen LogP contribution in [0.4, 0.5) is 4.48 Å². The maximum atomic E-state index is 11.8. The van der Waals surface area contributed by atoms with Gasteiger partial charge in [0.05, 0.1) is 6.20 Å². The average molecular weight is 130 g/mol. The van der Waals surface area contributed by atoms with Crippen LogP contribution in [-0.2, 0) is 0 Å². The molecule has 1 N–H and O–H groups in total. The molecule has 4 nitrogen and oxygen atoms in total. The monoisotopic (exact) mass is 130 g/mol. The number of halogens is 1. The Morgan fingerprint density at radius 3 is 2.78 bits per heavy atom. The lowest BCUT2D eigenvalue weighted by atomic mass is 10.5. The van der Waals surface area contributed by atoms with E-state index in [1.807, 2.05) is 0 Å². The van der Waals surface area contributed by atoms with Crippen molar-refractivity contribution in [2.45, 2.75) is 0 Å². The first kappa shape index (κ1) is 5.74. The van der Waals surface area contributed by atoms with Crippen LogP contribution in [0.25, 0.3) is 0 Å². The standard InChI is InChI=1S/C4H3FN2O2/c5-7-2-1-3(6-7)4(8)9/h1-2H,(H,8,9). The smallest absolute Gasteiger partial charge is 0.356 e. The highest BCUT2D eigenvalue weighted by molar-refractivity contribution is 5.84. The van der Waals surface area contributed by atoms with Crippen molar-refractivity contribution in [3.8, 4) is 0 Å². The lowest BCUT2D eigenvalue weighted by Crippen LogP contribution is -1.97. The number of carbonyl (C=O) groups is 1. The number of carboxylic acid groups (broad SMARTS) is 1. The molecule has 0 atom stereocenters. The van der Waals surface area contributed by atoms with Gasteiger partial charge in [0.15, 0.2) is 5.69 Å². The van der Waals surface area contributed by atoms with Crippen LogP contribution in [0, 0.1) is 0 Å². The molecule has 0 radical (unpaired) electrons. The van der Waals surface area contributed by atoms with Gasteiger partial charge in [-0.25, -0.2) is 4.79 Å². The molecule has 5 heteroatoms. The summed E-state index contributed by atoms with van der Waals surface area (Å²) in [6, 6.07) is 1.07. The van der Waals surface area contributed by atoms with Crippen LogP contribution in [0.3, 0.4) is 0 Å². The van der Waals surface area contributed by atoms with Crippen molar-refractivity contribution in [3.63, 3.8) is 0 Å². The summed E-state index contributed by atoms with van der Waals surface area (Å²) in [5.41, 5.74) is -0.294. The third-order valence-electron chi connectivity index (χ3n) is 0.778. The first-order valence-electron chi connectivity index (χ1n) is 2.15. The normalized spacial score (nSPS) is 9.44. The molecule has 0 amide bonds. The highest BCUT2D eigenvalue weighted by Gasteiger charge is 2.04. The van der Waals surface area contributed by atoms with Crippen molar-refractivity contribution < 1.29 is 14.4 Å². The van der Waals surface area contributed by atoms with Crippen LogP contribution >= 0.6 is 0 Å². The second-order valence-corrected chi connectivity index (χ2v) is 1.39. The van der Waals surface area contributed by atoms with Crippen molar-refractivity contribution >= 4 is 5.97 Å². The zero-order chi connectivity index (χ0) is 6.85. The molecule has 48 valence electrons. The Morgan fingerprint density at radius 2 is 2.56 bits per heavy atom. The van der Waals surface area contributed by atoms with E-state index in [9.17, 15) is 9.28 Å². The Bertz CT molecular complexity index is 232. The number of hydrogen-bond donors (Lipinski definition) is 1. The molecule has 1 aromatic heterocycles. The Morgan fingerprint density at radius 1 is 1.89 bits per heavy atom. The number of hydrogen-bond acceptors (Lipinski definition) is 2. The summed E-state index contributed by atoms with van der Waals surface area (Å²) in [5.74, 6) is -1.23. The highest BCUT2D eigenvalue weighted by atomic mass is 19.2. The molecule has 0 aliphatic carbocycles. The fourth-order valence-electron chi connectivity index (χ4n) is 0.416. The Hall–Kier alpha value is -1.39. The van der Waals surface area contributed by atoms with Gasteiger partial charge in [-0.15, -0.1) is 10.0 Å². The van der Waals surface area contributed by atoms with Gasteiger partial charge in [0.1, 0.15) is 0 Å². The highest BCUT2D eigenvalue weighted by Crippen LogP contribution is 1.93. The van der Waals surface area contributed by atoms with Crippen LogP contribution in [0.1, 0.15) is 10.5 Å². The lowest BCUT2D eigenvalue weighted by Gasteiger charge is -1.79. The Labute approximate surface area is 49.5 Å². The van der Waals surface area contributed by atoms with Crippen molar-refractivity contribution in [1.82, 2.24) is 10.0 Å². The molecule has 0 fully saturated rings. The molecule has 0 aromatic carbocycles. The third kappa shape index (κ3) is 1.04. The molecule has 0 aliphatic rings. The Balaban J connectivity index is 2.98. The van der Waals surface area contributed by atoms with Gasteiger partial charge in [-0.2, -0.15) is 0 Å². The fourth-order valence-corrected chi connectivity index (χ4v) is 0.416. The van der Waals surface area contributed by atoms with Crippen LogP contribution in [0.2, 0.25) is 0 Å². The first-order chi connectivity index (χ1) is 4.20. The maximum absolute atomic E-state index is 11.8. The number of aromatic nitrogens is 2. The van der Waals surface area contributed by atoms with E-state index in [2.05, 4.69) is 5.10 Å². The molecule has 1 rings (SSSR count). The first-order valence-corrected chi connectivity index (χ1v) is 2.15. The third-order valence-corrected chi connectivity index (χ3v) is 0.778. The molecule has 0 saturated heterocycles. The van der Waals surface area contributed by atoms with Gasteiger partial charge in [-0.05, 0) is 6.07 Å². The molecule has 1 heterocycles. The number of carboxylic acids is 1. The summed E-state index contributed by atoms with van der Waals surface area (Å²) < 4.78 is 11.8. The molecule has 0 bridgehead atoms. The average Bonchev–Trinajstić information content (AvgIpc) is 2.14. The van der Waals surface area contributed by atoms with Gasteiger partial charge < -0.3 is 5.11 Å². The summed E-state index contributed by atoms with van der Waals surface area (Å²) in [4.78, 5) is 9.92. The van der Waals surface area contributed by atoms with Gasteiger partial charge in [0.25, 0.3) is 0 Å². The van der Waals surface area contributed by atoms with Gasteiger partial charge in [-0.1, -0.05) is 4.48 Å². The lowest BCUT2D eigenvalue weighted by molar-refractivity contribution is 0.0687. The van der Waals surface area contributed by atoms with Gasteiger partial charge in [0, 0.05) is 0 Å². The van der Waals surface area contributed by atoms with Gasteiger partial charge in [0.2, 0.25) is 0 Å². The fraction of sp³-hybridized carbons (Fsp3) is 0. The topological polar surface area (TPSA) is 55.1 Å². The van der Waals surface area contributed by atoms with Gasteiger partial charge in [-0.3, -0.25) is 0 Å². The minimum absolute atomic E-state index is 0.0521. The summed E-state index contributed by atoms with van der Waals surface area (Å²) in [6.07, 6.45) is 0.920. The quantitative estimate of drug-likeness (QED) is 0.595. The van der Waals surface area contributed by atoms with Gasteiger partial charge >= 0.3 is 5.97 Å². The van der Waals surface area contributed by atoms with Crippen molar-refractivity contribution in [2.24, 2.45) is 0 Å². The summed E-state index contributed by atoms with van der Waals surface area (Å²) in [5, 5.41) is 11.1. The minimum atomic E-state index is -1.23. The van der Waals surface area contributed by atoms with E-state index in [-0.39, 0.29) is 10.6 Å². The van der Waals surface area contributed by atoms with E-state index in [1.165, 1.54) is 0 Å². The van der Waals surface area contributed by atoms with E-state index < -0.39 is 5.97 Å². The SMILES string of the molecule is O=C(O)c1ccn(F)n1. The van der Waals surface area contributed by atoms with Crippen molar-refractivity contribution in [2.75, 3.05) is 0 Å².